The lowest BCUT2D eigenvalue weighted by molar-refractivity contribution is 0.102. The maximum atomic E-state index is 12.1. The zero-order valence-corrected chi connectivity index (χ0v) is 13.2. The zero-order chi connectivity index (χ0) is 15.2. The molecule has 0 atom stereocenters. The number of halogens is 1. The zero-order valence-electron chi connectivity index (χ0n) is 11.6. The van der Waals surface area contributed by atoms with Crippen molar-refractivity contribution in [1.82, 2.24) is 9.97 Å². The first-order chi connectivity index (χ1) is 10.2. The Kier molecular flexibility index (Phi) is 5.10. The number of aromatic nitrogens is 2. The molecular weight excluding hydrogens is 338 g/mol. The van der Waals surface area contributed by atoms with Crippen molar-refractivity contribution in [3.8, 4) is 11.8 Å². The van der Waals surface area contributed by atoms with Crippen molar-refractivity contribution in [2.75, 3.05) is 19.5 Å². The van der Waals surface area contributed by atoms with Gasteiger partial charge >= 0.3 is 0 Å². The molecule has 0 aliphatic rings. The number of nitrogens with zero attached hydrogens (tertiary/aromatic N) is 2. The standard InChI is InChI=1S/C14H14BrN3O3/c1-20-11-7-12(21-2)17-14(16-11)18-13(19)10-5-3-9(8-15)4-6-10/h3-7H,8H2,1-2H3,(H,16,17,18,19). The summed E-state index contributed by atoms with van der Waals surface area (Å²) in [4.78, 5) is 20.2. The van der Waals surface area contributed by atoms with Gasteiger partial charge < -0.3 is 9.47 Å². The van der Waals surface area contributed by atoms with Gasteiger partial charge in [0.15, 0.2) is 0 Å². The summed E-state index contributed by atoms with van der Waals surface area (Å²) in [5.41, 5.74) is 1.61. The van der Waals surface area contributed by atoms with E-state index in [4.69, 9.17) is 9.47 Å². The summed E-state index contributed by atoms with van der Waals surface area (Å²) in [6.07, 6.45) is 0. The maximum absolute atomic E-state index is 12.1. The van der Waals surface area contributed by atoms with Crippen molar-refractivity contribution in [1.29, 1.82) is 0 Å². The van der Waals surface area contributed by atoms with Gasteiger partial charge in [0, 0.05) is 10.9 Å². The summed E-state index contributed by atoms with van der Waals surface area (Å²) in [7, 11) is 2.96. The molecule has 0 fully saturated rings. The smallest absolute Gasteiger partial charge is 0.258 e. The molecule has 0 saturated heterocycles. The van der Waals surface area contributed by atoms with Gasteiger partial charge in [-0.1, -0.05) is 28.1 Å². The fraction of sp³-hybridized carbons (Fsp3) is 0.214. The molecule has 1 heterocycles. The summed E-state index contributed by atoms with van der Waals surface area (Å²) >= 11 is 3.36. The summed E-state index contributed by atoms with van der Waals surface area (Å²) in [5, 5.41) is 3.35. The Hall–Kier alpha value is -2.15. The Morgan fingerprint density at radius 2 is 1.71 bits per heavy atom. The number of nitrogens with one attached hydrogen (secondary N) is 1. The second-order valence-corrected chi connectivity index (χ2v) is 4.62. The van der Waals surface area contributed by atoms with Crippen LogP contribution in [0.5, 0.6) is 11.8 Å². The van der Waals surface area contributed by atoms with Gasteiger partial charge in [-0.15, -0.1) is 0 Å². The molecule has 1 N–H and O–H groups in total. The van der Waals surface area contributed by atoms with Crippen LogP contribution in [-0.2, 0) is 5.33 Å². The lowest BCUT2D eigenvalue weighted by Gasteiger charge is -2.07. The molecule has 0 aliphatic heterocycles. The first-order valence-corrected chi connectivity index (χ1v) is 7.21. The van der Waals surface area contributed by atoms with E-state index < -0.39 is 0 Å². The number of ether oxygens (including phenoxy) is 2. The molecule has 7 heteroatoms. The largest absolute Gasteiger partial charge is 0.481 e. The first kappa shape index (κ1) is 15.2. The van der Waals surface area contributed by atoms with E-state index in [1.54, 1.807) is 12.1 Å². The molecule has 21 heavy (non-hydrogen) atoms. The normalized spacial score (nSPS) is 10.0. The molecule has 1 amide bonds. The average molecular weight is 352 g/mol. The summed E-state index contributed by atoms with van der Waals surface area (Å²) in [6.45, 7) is 0. The third kappa shape index (κ3) is 3.91. The fourth-order valence-corrected chi connectivity index (χ4v) is 1.96. The minimum Gasteiger partial charge on any atom is -0.481 e. The Labute approximate surface area is 130 Å². The lowest BCUT2D eigenvalue weighted by atomic mass is 10.1. The molecule has 0 spiro atoms. The molecule has 2 aromatic rings. The quantitative estimate of drug-likeness (QED) is 0.838. The van der Waals surface area contributed by atoms with E-state index in [1.807, 2.05) is 12.1 Å². The van der Waals surface area contributed by atoms with E-state index in [0.29, 0.717) is 17.3 Å². The van der Waals surface area contributed by atoms with Crippen LogP contribution in [0.15, 0.2) is 30.3 Å². The molecule has 110 valence electrons. The van der Waals surface area contributed by atoms with Crippen LogP contribution in [0.1, 0.15) is 15.9 Å². The number of rotatable bonds is 5. The van der Waals surface area contributed by atoms with Gasteiger partial charge in [0.1, 0.15) is 0 Å². The third-order valence-electron chi connectivity index (χ3n) is 2.69. The Morgan fingerprint density at radius 3 is 2.19 bits per heavy atom. The molecule has 6 nitrogen and oxygen atoms in total. The monoisotopic (exact) mass is 351 g/mol. The van der Waals surface area contributed by atoms with Crippen molar-refractivity contribution in [2.24, 2.45) is 0 Å². The number of carbonyl (C=O) groups is 1. The number of amides is 1. The molecule has 0 unspecified atom stereocenters. The molecule has 0 saturated carbocycles. The highest BCUT2D eigenvalue weighted by molar-refractivity contribution is 9.08. The van der Waals surface area contributed by atoms with E-state index in [2.05, 4.69) is 31.2 Å². The van der Waals surface area contributed by atoms with Gasteiger partial charge in [0.25, 0.3) is 5.91 Å². The number of methoxy groups -OCH3 is 2. The minimum absolute atomic E-state index is 0.126. The van der Waals surface area contributed by atoms with Crippen molar-refractivity contribution < 1.29 is 14.3 Å². The van der Waals surface area contributed by atoms with Crippen LogP contribution in [0.4, 0.5) is 5.95 Å². The van der Waals surface area contributed by atoms with Gasteiger partial charge in [-0.2, -0.15) is 9.97 Å². The van der Waals surface area contributed by atoms with Crippen molar-refractivity contribution in [3.05, 3.63) is 41.5 Å². The Morgan fingerprint density at radius 1 is 1.14 bits per heavy atom. The predicted molar refractivity (Wildman–Crippen MR) is 82.2 cm³/mol. The van der Waals surface area contributed by atoms with Gasteiger partial charge in [-0.3, -0.25) is 10.1 Å². The van der Waals surface area contributed by atoms with Crippen LogP contribution in [-0.4, -0.2) is 30.1 Å². The molecule has 0 radical (unpaired) electrons. The van der Waals surface area contributed by atoms with Gasteiger partial charge in [0.2, 0.25) is 17.7 Å². The third-order valence-corrected chi connectivity index (χ3v) is 3.34. The van der Waals surface area contributed by atoms with Crippen LogP contribution >= 0.6 is 15.9 Å². The first-order valence-electron chi connectivity index (χ1n) is 6.09. The number of benzene rings is 1. The van der Waals surface area contributed by atoms with Crippen LogP contribution in [0, 0.1) is 0 Å². The van der Waals surface area contributed by atoms with Crippen molar-refractivity contribution >= 4 is 27.8 Å². The second-order valence-electron chi connectivity index (χ2n) is 4.06. The maximum Gasteiger partial charge on any atom is 0.258 e. The van der Waals surface area contributed by atoms with Crippen LogP contribution < -0.4 is 14.8 Å². The van der Waals surface area contributed by atoms with Gasteiger partial charge in [-0.25, -0.2) is 0 Å². The number of anilines is 1. The SMILES string of the molecule is COc1cc(OC)nc(NC(=O)c2ccc(CBr)cc2)n1. The average Bonchev–Trinajstić information content (AvgIpc) is 2.54. The van der Waals surface area contributed by atoms with Crippen molar-refractivity contribution in [2.45, 2.75) is 5.33 Å². The van der Waals surface area contributed by atoms with Crippen LogP contribution in [0.3, 0.4) is 0 Å². The van der Waals surface area contributed by atoms with E-state index >= 15 is 0 Å². The highest BCUT2D eigenvalue weighted by Crippen LogP contribution is 2.18. The number of hydrogen-bond donors (Lipinski definition) is 1. The predicted octanol–water partition coefficient (Wildman–Crippen LogP) is 2.64. The van der Waals surface area contributed by atoms with E-state index in [1.165, 1.54) is 20.3 Å². The lowest BCUT2D eigenvalue weighted by Crippen LogP contribution is -2.14. The summed E-state index contributed by atoms with van der Waals surface area (Å²) < 4.78 is 10.1. The second kappa shape index (κ2) is 7.03. The number of carbonyl (C=O) groups excluding carboxylic acids is 1. The topological polar surface area (TPSA) is 73.3 Å². The van der Waals surface area contributed by atoms with E-state index in [-0.39, 0.29) is 11.9 Å². The Balaban J connectivity index is 2.18. The molecule has 0 aliphatic carbocycles. The summed E-state index contributed by atoms with van der Waals surface area (Å²) in [6, 6.07) is 8.75. The molecule has 0 bridgehead atoms. The van der Waals surface area contributed by atoms with E-state index in [9.17, 15) is 4.79 Å². The number of alkyl halides is 1. The highest BCUT2D eigenvalue weighted by atomic mass is 79.9. The van der Waals surface area contributed by atoms with Crippen molar-refractivity contribution in [3.63, 3.8) is 0 Å². The minimum atomic E-state index is -0.300. The Bertz CT molecular complexity index is 610. The van der Waals surface area contributed by atoms with Gasteiger partial charge in [-0.05, 0) is 17.7 Å². The van der Waals surface area contributed by atoms with Crippen LogP contribution in [0.2, 0.25) is 0 Å². The summed E-state index contributed by atoms with van der Waals surface area (Å²) in [5.74, 6) is 0.450. The molecule has 1 aromatic carbocycles. The molecular formula is C14H14BrN3O3. The fourth-order valence-electron chi connectivity index (χ4n) is 1.59. The molecule has 1 aromatic heterocycles. The van der Waals surface area contributed by atoms with Crippen LogP contribution in [0.25, 0.3) is 0 Å². The van der Waals surface area contributed by atoms with Gasteiger partial charge in [0.05, 0.1) is 20.3 Å². The van der Waals surface area contributed by atoms with E-state index in [0.717, 1.165) is 10.9 Å². The molecule has 2 rings (SSSR count). The highest BCUT2D eigenvalue weighted by Gasteiger charge is 2.10. The number of hydrogen-bond acceptors (Lipinski definition) is 5.